The standard InChI is InChI=1S/C22H19FN2O3S/c23-19-9-5-4-8-16(19)12-28-13-17(26)11-25-14-24-21-18(22(25)27)10-20(29-21)15-6-2-1-3-7-15/h1-10,14,17,26H,11-13H2. The van der Waals surface area contributed by atoms with Gasteiger partial charge in [-0.25, -0.2) is 9.37 Å². The van der Waals surface area contributed by atoms with Gasteiger partial charge in [0.25, 0.3) is 5.56 Å². The van der Waals surface area contributed by atoms with Crippen LogP contribution in [0.15, 0.2) is 71.8 Å². The third-order valence-corrected chi connectivity index (χ3v) is 5.60. The van der Waals surface area contributed by atoms with E-state index in [1.807, 2.05) is 36.4 Å². The predicted octanol–water partition coefficient (Wildman–Crippen LogP) is 3.84. The molecule has 1 N–H and O–H groups in total. The Labute approximate surface area is 170 Å². The minimum Gasteiger partial charge on any atom is -0.389 e. The van der Waals surface area contributed by atoms with Crippen LogP contribution in [0.3, 0.4) is 0 Å². The molecule has 0 saturated heterocycles. The molecule has 2 aromatic heterocycles. The molecule has 4 rings (SSSR count). The molecule has 29 heavy (non-hydrogen) atoms. The van der Waals surface area contributed by atoms with Gasteiger partial charge in [-0.1, -0.05) is 48.5 Å². The van der Waals surface area contributed by atoms with Crippen LogP contribution < -0.4 is 5.56 Å². The molecule has 7 heteroatoms. The van der Waals surface area contributed by atoms with Crippen molar-refractivity contribution in [2.45, 2.75) is 19.3 Å². The third kappa shape index (κ3) is 4.42. The zero-order chi connectivity index (χ0) is 20.2. The predicted molar refractivity (Wildman–Crippen MR) is 111 cm³/mol. The number of thiophene rings is 1. The van der Waals surface area contributed by atoms with Crippen LogP contribution in [0, 0.1) is 5.82 Å². The second kappa shape index (κ2) is 8.65. The van der Waals surface area contributed by atoms with E-state index in [1.165, 1.54) is 28.3 Å². The normalized spacial score (nSPS) is 12.3. The molecule has 0 bridgehead atoms. The Morgan fingerprint density at radius 2 is 1.90 bits per heavy atom. The van der Waals surface area contributed by atoms with Crippen molar-refractivity contribution in [2.75, 3.05) is 6.61 Å². The Morgan fingerprint density at radius 1 is 1.14 bits per heavy atom. The number of fused-ring (bicyclic) bond motifs is 1. The summed E-state index contributed by atoms with van der Waals surface area (Å²) in [6.07, 6.45) is 0.529. The number of benzene rings is 2. The average molecular weight is 410 g/mol. The lowest BCUT2D eigenvalue weighted by Gasteiger charge is -2.13. The summed E-state index contributed by atoms with van der Waals surface area (Å²) in [5.74, 6) is -0.348. The Hall–Kier alpha value is -2.87. The van der Waals surface area contributed by atoms with Crippen LogP contribution in [0.4, 0.5) is 4.39 Å². The van der Waals surface area contributed by atoms with Gasteiger partial charge in [-0.3, -0.25) is 9.36 Å². The van der Waals surface area contributed by atoms with Crippen molar-refractivity contribution in [2.24, 2.45) is 0 Å². The van der Waals surface area contributed by atoms with E-state index >= 15 is 0 Å². The number of nitrogens with zero attached hydrogens (tertiary/aromatic N) is 2. The lowest BCUT2D eigenvalue weighted by Crippen LogP contribution is -2.29. The fourth-order valence-electron chi connectivity index (χ4n) is 3.03. The van der Waals surface area contributed by atoms with Crippen molar-refractivity contribution in [3.63, 3.8) is 0 Å². The van der Waals surface area contributed by atoms with Crippen LogP contribution in [0.25, 0.3) is 20.7 Å². The summed E-state index contributed by atoms with van der Waals surface area (Å²) >= 11 is 1.46. The number of rotatable bonds is 7. The quantitative estimate of drug-likeness (QED) is 0.503. The van der Waals surface area contributed by atoms with Gasteiger partial charge in [-0.15, -0.1) is 11.3 Å². The molecule has 0 aliphatic rings. The maximum Gasteiger partial charge on any atom is 0.262 e. The van der Waals surface area contributed by atoms with Crippen molar-refractivity contribution >= 4 is 21.6 Å². The molecular formula is C22H19FN2O3S. The van der Waals surface area contributed by atoms with E-state index in [0.29, 0.717) is 15.8 Å². The van der Waals surface area contributed by atoms with Gasteiger partial charge in [0.1, 0.15) is 10.6 Å². The molecule has 1 atom stereocenters. The van der Waals surface area contributed by atoms with E-state index in [0.717, 1.165) is 10.4 Å². The van der Waals surface area contributed by atoms with Crippen LogP contribution in [0.2, 0.25) is 0 Å². The van der Waals surface area contributed by atoms with Gasteiger partial charge in [0.2, 0.25) is 0 Å². The number of halogens is 1. The highest BCUT2D eigenvalue weighted by molar-refractivity contribution is 7.21. The van der Waals surface area contributed by atoms with E-state index < -0.39 is 6.10 Å². The van der Waals surface area contributed by atoms with Crippen molar-refractivity contribution in [3.8, 4) is 10.4 Å². The zero-order valence-electron chi connectivity index (χ0n) is 15.5. The molecule has 2 heterocycles. The summed E-state index contributed by atoms with van der Waals surface area (Å²) in [5.41, 5.74) is 1.25. The number of aromatic nitrogens is 2. The van der Waals surface area contributed by atoms with Gasteiger partial charge in [0, 0.05) is 10.4 Å². The second-order valence-electron chi connectivity index (χ2n) is 6.66. The summed E-state index contributed by atoms with van der Waals surface area (Å²) < 4.78 is 20.4. The highest BCUT2D eigenvalue weighted by Gasteiger charge is 2.13. The molecule has 0 saturated carbocycles. The van der Waals surface area contributed by atoms with Gasteiger partial charge in [0.05, 0.1) is 37.6 Å². The number of aliphatic hydroxyl groups excluding tert-OH is 1. The molecule has 0 spiro atoms. The van der Waals surface area contributed by atoms with Crippen LogP contribution in [-0.2, 0) is 17.9 Å². The largest absolute Gasteiger partial charge is 0.389 e. The van der Waals surface area contributed by atoms with E-state index in [-0.39, 0.29) is 31.1 Å². The Morgan fingerprint density at radius 3 is 2.69 bits per heavy atom. The first kappa shape index (κ1) is 19.4. The van der Waals surface area contributed by atoms with Crippen LogP contribution >= 0.6 is 11.3 Å². The molecule has 2 aromatic carbocycles. The summed E-state index contributed by atoms with van der Waals surface area (Å²) in [6, 6.07) is 18.0. The minimum absolute atomic E-state index is 0.0162. The van der Waals surface area contributed by atoms with Gasteiger partial charge >= 0.3 is 0 Å². The first-order chi connectivity index (χ1) is 14.1. The third-order valence-electron chi connectivity index (χ3n) is 4.51. The number of aliphatic hydroxyl groups is 1. The molecule has 4 aromatic rings. The molecule has 0 amide bonds. The van der Waals surface area contributed by atoms with Crippen molar-refractivity contribution in [3.05, 3.63) is 88.7 Å². The summed E-state index contributed by atoms with van der Waals surface area (Å²) in [6.45, 7) is 0.0914. The first-order valence-corrected chi connectivity index (χ1v) is 9.97. The van der Waals surface area contributed by atoms with Gasteiger partial charge in [0.15, 0.2) is 0 Å². The monoisotopic (exact) mass is 410 g/mol. The summed E-state index contributed by atoms with van der Waals surface area (Å²) in [7, 11) is 0. The minimum atomic E-state index is -0.911. The topological polar surface area (TPSA) is 64.4 Å². The van der Waals surface area contributed by atoms with Crippen molar-refractivity contribution in [1.29, 1.82) is 0 Å². The molecule has 0 aliphatic heterocycles. The van der Waals surface area contributed by atoms with E-state index in [2.05, 4.69) is 4.98 Å². The highest BCUT2D eigenvalue weighted by Crippen LogP contribution is 2.30. The van der Waals surface area contributed by atoms with Crippen molar-refractivity contribution in [1.82, 2.24) is 9.55 Å². The number of ether oxygens (including phenoxy) is 1. The number of hydrogen-bond donors (Lipinski definition) is 1. The number of hydrogen-bond acceptors (Lipinski definition) is 5. The Kier molecular flexibility index (Phi) is 5.80. The molecular weight excluding hydrogens is 391 g/mol. The smallest absolute Gasteiger partial charge is 0.262 e. The average Bonchev–Trinajstić information content (AvgIpc) is 3.17. The van der Waals surface area contributed by atoms with Gasteiger partial charge < -0.3 is 9.84 Å². The Bertz CT molecular complexity index is 1170. The molecule has 0 aliphatic carbocycles. The second-order valence-corrected chi connectivity index (χ2v) is 7.69. The van der Waals surface area contributed by atoms with Crippen LogP contribution in [0.1, 0.15) is 5.56 Å². The molecule has 0 fully saturated rings. The van der Waals surface area contributed by atoms with Gasteiger partial charge in [-0.05, 0) is 17.7 Å². The highest BCUT2D eigenvalue weighted by atomic mass is 32.1. The summed E-state index contributed by atoms with van der Waals surface area (Å²) in [4.78, 5) is 18.8. The van der Waals surface area contributed by atoms with E-state index in [1.54, 1.807) is 18.2 Å². The first-order valence-electron chi connectivity index (χ1n) is 9.15. The summed E-state index contributed by atoms with van der Waals surface area (Å²) in [5, 5.41) is 10.7. The van der Waals surface area contributed by atoms with E-state index in [4.69, 9.17) is 4.74 Å². The maximum absolute atomic E-state index is 13.6. The van der Waals surface area contributed by atoms with Crippen molar-refractivity contribution < 1.29 is 14.2 Å². The maximum atomic E-state index is 13.6. The fourth-order valence-corrected chi connectivity index (χ4v) is 4.03. The molecule has 1 unspecified atom stereocenters. The van der Waals surface area contributed by atoms with Crippen LogP contribution in [0.5, 0.6) is 0 Å². The fraction of sp³-hybridized carbons (Fsp3) is 0.182. The SMILES string of the molecule is O=c1c2cc(-c3ccccc3)sc2ncn1CC(O)COCc1ccccc1F. The molecule has 148 valence electrons. The Balaban J connectivity index is 1.44. The molecule has 5 nitrogen and oxygen atoms in total. The lowest BCUT2D eigenvalue weighted by molar-refractivity contribution is 0.0189. The van der Waals surface area contributed by atoms with Crippen LogP contribution in [-0.4, -0.2) is 27.4 Å². The lowest BCUT2D eigenvalue weighted by atomic mass is 10.2. The van der Waals surface area contributed by atoms with E-state index in [9.17, 15) is 14.3 Å². The molecule has 0 radical (unpaired) electrons. The zero-order valence-corrected chi connectivity index (χ0v) is 16.3. The van der Waals surface area contributed by atoms with Gasteiger partial charge in [-0.2, -0.15) is 0 Å².